The number of ether oxygens (including phenoxy) is 1. The fraction of sp³-hybridized carbons (Fsp3) is 0.467. The molecule has 0 aliphatic rings. The third-order valence-electron chi connectivity index (χ3n) is 2.46. The van der Waals surface area contributed by atoms with Crippen molar-refractivity contribution in [3.8, 4) is 0 Å². The molecule has 0 heterocycles. The zero-order chi connectivity index (χ0) is 14.3. The number of benzene rings is 1. The first-order valence-electron chi connectivity index (χ1n) is 6.25. The van der Waals surface area contributed by atoms with E-state index in [0.717, 1.165) is 5.56 Å². The maximum absolute atomic E-state index is 11.6. The number of carbonyl (C=O) groups excluding carboxylic acids is 2. The average Bonchev–Trinajstić information content (AvgIpc) is 2.35. The highest BCUT2D eigenvalue weighted by Gasteiger charge is 2.21. The molecule has 19 heavy (non-hydrogen) atoms. The van der Waals surface area contributed by atoms with E-state index in [0.29, 0.717) is 6.42 Å². The summed E-state index contributed by atoms with van der Waals surface area (Å²) in [5.41, 5.74) is 0.842. The van der Waals surface area contributed by atoms with Gasteiger partial charge in [-0.2, -0.15) is 0 Å². The van der Waals surface area contributed by atoms with E-state index < -0.39 is 12.1 Å². The molecule has 1 amide bonds. The summed E-state index contributed by atoms with van der Waals surface area (Å²) in [6.07, 6.45) is 1.75. The van der Waals surface area contributed by atoms with E-state index in [4.69, 9.17) is 4.74 Å². The maximum Gasteiger partial charge on any atom is 0.408 e. The zero-order valence-electron chi connectivity index (χ0n) is 11.6. The van der Waals surface area contributed by atoms with Gasteiger partial charge in [-0.15, -0.1) is 0 Å². The van der Waals surface area contributed by atoms with Crippen molar-refractivity contribution < 1.29 is 14.3 Å². The number of rotatable bonds is 5. The normalized spacial score (nSPS) is 12.6. The molecule has 0 aliphatic carbocycles. The smallest absolute Gasteiger partial charge is 0.408 e. The first kappa shape index (κ1) is 15.2. The van der Waals surface area contributed by atoms with Gasteiger partial charge in [0.05, 0.1) is 6.04 Å². The van der Waals surface area contributed by atoms with Gasteiger partial charge in [-0.05, 0) is 17.4 Å². The first-order valence-corrected chi connectivity index (χ1v) is 6.25. The summed E-state index contributed by atoms with van der Waals surface area (Å²) in [6, 6.07) is 8.74. The highest BCUT2D eigenvalue weighted by Crippen LogP contribution is 2.20. The Kier molecular flexibility index (Phi) is 5.55. The molecule has 103 valence electrons. The second-order valence-corrected chi connectivity index (χ2v) is 5.64. The summed E-state index contributed by atoms with van der Waals surface area (Å²) >= 11 is 0. The minimum atomic E-state index is -0.636. The molecule has 0 unspecified atom stereocenters. The van der Waals surface area contributed by atoms with Crippen molar-refractivity contribution in [2.24, 2.45) is 5.41 Å². The van der Waals surface area contributed by atoms with Crippen LogP contribution in [0.25, 0.3) is 0 Å². The van der Waals surface area contributed by atoms with Crippen LogP contribution in [0.5, 0.6) is 0 Å². The molecule has 0 fully saturated rings. The molecule has 0 aromatic heterocycles. The van der Waals surface area contributed by atoms with Gasteiger partial charge in [-0.25, -0.2) is 4.79 Å². The van der Waals surface area contributed by atoms with Crippen LogP contribution in [0.2, 0.25) is 0 Å². The van der Waals surface area contributed by atoms with Gasteiger partial charge in [0, 0.05) is 0 Å². The molecule has 1 radical (unpaired) electrons. The predicted octanol–water partition coefficient (Wildman–Crippen LogP) is 2.83. The average molecular weight is 262 g/mol. The lowest BCUT2D eigenvalue weighted by Gasteiger charge is -2.22. The summed E-state index contributed by atoms with van der Waals surface area (Å²) in [5.74, 6) is 0. The fourth-order valence-electron chi connectivity index (χ4n) is 1.64. The molecule has 1 aromatic carbocycles. The molecule has 1 rings (SSSR count). The largest absolute Gasteiger partial charge is 0.445 e. The quantitative estimate of drug-likeness (QED) is 0.887. The number of amides is 1. The Morgan fingerprint density at radius 2 is 1.95 bits per heavy atom. The molecule has 0 saturated heterocycles. The minimum Gasteiger partial charge on any atom is -0.445 e. The number of hydrogen-bond donors (Lipinski definition) is 1. The van der Waals surface area contributed by atoms with Gasteiger partial charge < -0.3 is 10.1 Å². The summed E-state index contributed by atoms with van der Waals surface area (Å²) < 4.78 is 5.05. The van der Waals surface area contributed by atoms with Crippen LogP contribution in [0.4, 0.5) is 4.79 Å². The number of alkyl carbamates (subject to hydrolysis) is 1. The molecule has 4 heteroatoms. The molecule has 1 atom stereocenters. The number of hydrogen-bond acceptors (Lipinski definition) is 3. The van der Waals surface area contributed by atoms with E-state index in [9.17, 15) is 9.59 Å². The molecule has 0 bridgehead atoms. The fourth-order valence-corrected chi connectivity index (χ4v) is 1.64. The highest BCUT2D eigenvalue weighted by atomic mass is 16.5. The van der Waals surface area contributed by atoms with Gasteiger partial charge in [0.25, 0.3) is 0 Å². The highest BCUT2D eigenvalue weighted by molar-refractivity contribution is 5.73. The van der Waals surface area contributed by atoms with Crippen molar-refractivity contribution in [1.82, 2.24) is 5.32 Å². The van der Waals surface area contributed by atoms with Crippen molar-refractivity contribution in [2.45, 2.75) is 39.8 Å². The van der Waals surface area contributed by atoms with E-state index >= 15 is 0 Å². The Hall–Kier alpha value is -1.84. The van der Waals surface area contributed by atoms with E-state index in [1.54, 1.807) is 0 Å². The van der Waals surface area contributed by atoms with Crippen LogP contribution in [0.1, 0.15) is 32.8 Å². The van der Waals surface area contributed by atoms with Crippen LogP contribution in [-0.2, 0) is 16.1 Å². The van der Waals surface area contributed by atoms with Gasteiger partial charge in [0.15, 0.2) is 0 Å². The van der Waals surface area contributed by atoms with E-state index in [-0.39, 0.29) is 12.0 Å². The van der Waals surface area contributed by atoms with Gasteiger partial charge in [0.2, 0.25) is 6.29 Å². The molecule has 4 nitrogen and oxygen atoms in total. The predicted molar refractivity (Wildman–Crippen MR) is 73.3 cm³/mol. The third-order valence-corrected chi connectivity index (χ3v) is 2.46. The van der Waals surface area contributed by atoms with Crippen molar-refractivity contribution in [1.29, 1.82) is 0 Å². The molecule has 1 N–H and O–H groups in total. The Balaban J connectivity index is 2.39. The standard InChI is InChI=1S/C15H20NO3/c1-15(2,3)9-13(10-17)16-14(18)19-11-12-7-5-4-6-8-12/h4-8,13H,9,11H2,1-3H3,(H,16,18)/t13-/m1/s1. The third kappa shape index (κ3) is 6.60. The summed E-state index contributed by atoms with van der Waals surface area (Å²) in [4.78, 5) is 22.4. The lowest BCUT2D eigenvalue weighted by molar-refractivity contribution is 0.136. The molecular formula is C15H20NO3. The van der Waals surface area contributed by atoms with Crippen LogP contribution < -0.4 is 5.32 Å². The SMILES string of the molecule is CC(C)(C)C[C@H]([C]=O)NC(=O)OCc1ccccc1. The monoisotopic (exact) mass is 262 g/mol. The number of carbonyl (C=O) groups is 1. The van der Waals surface area contributed by atoms with Crippen LogP contribution in [-0.4, -0.2) is 18.4 Å². The molecule has 0 spiro atoms. The van der Waals surface area contributed by atoms with Gasteiger partial charge in [-0.3, -0.25) is 4.79 Å². The van der Waals surface area contributed by atoms with E-state index in [1.807, 2.05) is 57.4 Å². The Morgan fingerprint density at radius 1 is 1.32 bits per heavy atom. The Morgan fingerprint density at radius 3 is 2.47 bits per heavy atom. The lowest BCUT2D eigenvalue weighted by Crippen LogP contribution is -2.38. The topological polar surface area (TPSA) is 55.4 Å². The lowest BCUT2D eigenvalue weighted by atomic mass is 9.88. The molecule has 1 aromatic rings. The Labute approximate surface area is 114 Å². The van der Waals surface area contributed by atoms with Gasteiger partial charge in [-0.1, -0.05) is 51.1 Å². The van der Waals surface area contributed by atoms with Crippen LogP contribution in [0.3, 0.4) is 0 Å². The van der Waals surface area contributed by atoms with Crippen LogP contribution in [0, 0.1) is 5.41 Å². The summed E-state index contributed by atoms with van der Waals surface area (Å²) in [6.45, 7) is 6.17. The van der Waals surface area contributed by atoms with Crippen molar-refractivity contribution in [3.63, 3.8) is 0 Å². The summed E-state index contributed by atoms with van der Waals surface area (Å²) in [5, 5.41) is 2.51. The van der Waals surface area contributed by atoms with E-state index in [2.05, 4.69) is 5.32 Å². The van der Waals surface area contributed by atoms with Gasteiger partial charge >= 0.3 is 6.09 Å². The number of nitrogens with one attached hydrogen (secondary N) is 1. The van der Waals surface area contributed by atoms with Crippen molar-refractivity contribution >= 4 is 12.4 Å². The van der Waals surface area contributed by atoms with Crippen molar-refractivity contribution in [3.05, 3.63) is 35.9 Å². The Bertz CT molecular complexity index is 409. The second-order valence-electron chi connectivity index (χ2n) is 5.64. The van der Waals surface area contributed by atoms with Gasteiger partial charge in [0.1, 0.15) is 6.61 Å². The van der Waals surface area contributed by atoms with Crippen LogP contribution >= 0.6 is 0 Å². The molecule has 0 saturated carbocycles. The van der Waals surface area contributed by atoms with Crippen molar-refractivity contribution in [2.75, 3.05) is 0 Å². The maximum atomic E-state index is 11.6. The van der Waals surface area contributed by atoms with E-state index in [1.165, 1.54) is 0 Å². The second kappa shape index (κ2) is 6.92. The first-order chi connectivity index (χ1) is 8.90. The minimum absolute atomic E-state index is 0.0607. The van der Waals surface area contributed by atoms with Crippen LogP contribution in [0.15, 0.2) is 30.3 Å². The zero-order valence-corrected chi connectivity index (χ0v) is 11.6. The molecular weight excluding hydrogens is 242 g/mol. The molecule has 0 aliphatic heterocycles. The summed E-state index contributed by atoms with van der Waals surface area (Å²) in [7, 11) is 0.